The summed E-state index contributed by atoms with van der Waals surface area (Å²) in [6.45, 7) is 8.33. The fraction of sp³-hybridized carbons (Fsp3) is 1.00. The zero-order chi connectivity index (χ0) is 9.94. The molecule has 0 aliphatic heterocycles. The molecule has 3 heteroatoms. The summed E-state index contributed by atoms with van der Waals surface area (Å²) in [5.74, 6) is 0. The number of rotatable bonds is 9. The van der Waals surface area contributed by atoms with Gasteiger partial charge >= 0.3 is 87.7 Å². The molecule has 0 heterocycles. The van der Waals surface area contributed by atoms with Gasteiger partial charge in [0.1, 0.15) is 0 Å². The molecule has 80 valence electrons. The molecule has 0 aromatic carbocycles. The Labute approximate surface area is 88.0 Å². The maximum absolute atomic E-state index is 5.70. The van der Waals surface area contributed by atoms with Gasteiger partial charge in [-0.05, 0) is 0 Å². The number of unbranched alkanes of at least 4 members (excludes halogenated alkanes) is 2. The fourth-order valence-corrected chi connectivity index (χ4v) is 3.16. The molecule has 0 rings (SSSR count). The molecule has 0 aliphatic carbocycles. The fourth-order valence-electron chi connectivity index (χ4n) is 0.841. The van der Waals surface area contributed by atoms with Gasteiger partial charge in [0, 0.05) is 0 Å². The first-order chi connectivity index (χ1) is 6.35. The van der Waals surface area contributed by atoms with Crippen LogP contribution in [0.2, 0.25) is 5.21 Å². The van der Waals surface area contributed by atoms with E-state index in [0.717, 1.165) is 18.4 Å². The van der Waals surface area contributed by atoms with E-state index in [0.29, 0.717) is 0 Å². The van der Waals surface area contributed by atoms with Gasteiger partial charge in [-0.15, -0.1) is 0 Å². The monoisotopic (exact) mass is 250 g/mol. The van der Waals surface area contributed by atoms with Crippen LogP contribution < -0.4 is 0 Å². The Morgan fingerprint density at radius 2 is 1.31 bits per heavy atom. The van der Waals surface area contributed by atoms with E-state index in [9.17, 15) is 0 Å². The number of hydrogen-bond donors (Lipinski definition) is 0. The summed E-state index contributed by atoms with van der Waals surface area (Å²) in [4.78, 5) is 0. The third-order valence-electron chi connectivity index (χ3n) is 1.72. The summed E-state index contributed by atoms with van der Waals surface area (Å²) in [6.07, 6.45) is 4.76. The molecule has 0 fully saturated rings. The Balaban J connectivity index is 3.28. The minimum atomic E-state index is -1.34. The molecular weight excluding hydrogens is 227 g/mol. The van der Waals surface area contributed by atoms with E-state index in [-0.39, 0.29) is 0 Å². The summed E-state index contributed by atoms with van der Waals surface area (Å²) in [5.41, 5.74) is 0. The van der Waals surface area contributed by atoms with Crippen LogP contribution >= 0.6 is 0 Å². The zero-order valence-electron chi connectivity index (χ0n) is 9.21. The van der Waals surface area contributed by atoms with Crippen LogP contribution in [0.25, 0.3) is 0 Å². The van der Waals surface area contributed by atoms with Crippen molar-refractivity contribution in [3.05, 3.63) is 0 Å². The molecule has 0 spiro atoms. The van der Waals surface area contributed by atoms with Crippen LogP contribution in [0, 0.1) is 0 Å². The van der Waals surface area contributed by atoms with Crippen molar-refractivity contribution in [2.75, 3.05) is 13.2 Å². The van der Waals surface area contributed by atoms with Crippen molar-refractivity contribution in [1.82, 2.24) is 0 Å². The molecule has 0 unspecified atom stereocenters. The third-order valence-corrected chi connectivity index (χ3v) is 4.78. The van der Waals surface area contributed by atoms with Gasteiger partial charge in [-0.2, -0.15) is 0 Å². The van der Waals surface area contributed by atoms with Crippen LogP contribution in [-0.2, 0) is 7.45 Å². The molecule has 0 radical (unpaired) electrons. The van der Waals surface area contributed by atoms with E-state index >= 15 is 0 Å². The van der Waals surface area contributed by atoms with Crippen molar-refractivity contribution in [1.29, 1.82) is 0 Å². The SMILES string of the molecule is CCCCO[As](CC)OCCCC. The maximum atomic E-state index is 5.70. The predicted octanol–water partition coefficient (Wildman–Crippen LogP) is 3.13. The van der Waals surface area contributed by atoms with Gasteiger partial charge in [0.05, 0.1) is 0 Å². The third kappa shape index (κ3) is 8.80. The van der Waals surface area contributed by atoms with Crippen LogP contribution in [0.5, 0.6) is 0 Å². The van der Waals surface area contributed by atoms with Gasteiger partial charge in [0.2, 0.25) is 0 Å². The summed E-state index contributed by atoms with van der Waals surface area (Å²) in [7, 11) is 0. The molecule has 0 saturated heterocycles. The Morgan fingerprint density at radius 3 is 1.62 bits per heavy atom. The summed E-state index contributed by atoms with van der Waals surface area (Å²) in [6, 6.07) is 0. The van der Waals surface area contributed by atoms with E-state index in [2.05, 4.69) is 20.8 Å². The van der Waals surface area contributed by atoms with Crippen molar-refractivity contribution < 1.29 is 7.45 Å². The van der Waals surface area contributed by atoms with Gasteiger partial charge in [-0.3, -0.25) is 0 Å². The second kappa shape index (κ2) is 10.6. The molecule has 0 amide bonds. The first kappa shape index (κ1) is 13.5. The van der Waals surface area contributed by atoms with Gasteiger partial charge in [0.15, 0.2) is 0 Å². The average Bonchev–Trinajstić information content (AvgIpc) is 2.16. The van der Waals surface area contributed by atoms with Crippen LogP contribution in [0.1, 0.15) is 46.5 Å². The Kier molecular flexibility index (Phi) is 10.9. The molecule has 0 N–H and O–H groups in total. The van der Waals surface area contributed by atoms with Crippen molar-refractivity contribution in [3.63, 3.8) is 0 Å². The Bertz CT molecular complexity index is 88.9. The van der Waals surface area contributed by atoms with E-state index in [1.54, 1.807) is 0 Å². The standard InChI is InChI=1S/C10H23AsO2/c1-4-7-9-12-11(6-3)13-10-8-5-2/h4-10H2,1-3H3. The molecule has 0 saturated carbocycles. The van der Waals surface area contributed by atoms with Gasteiger partial charge in [0.25, 0.3) is 0 Å². The van der Waals surface area contributed by atoms with E-state index < -0.39 is 15.3 Å². The predicted molar refractivity (Wildman–Crippen MR) is 58.0 cm³/mol. The van der Waals surface area contributed by atoms with Gasteiger partial charge < -0.3 is 0 Å². The van der Waals surface area contributed by atoms with E-state index in [4.69, 9.17) is 7.45 Å². The van der Waals surface area contributed by atoms with Gasteiger partial charge in [-0.25, -0.2) is 0 Å². The molecule has 2 nitrogen and oxygen atoms in total. The van der Waals surface area contributed by atoms with Crippen molar-refractivity contribution in [2.45, 2.75) is 51.7 Å². The zero-order valence-corrected chi connectivity index (χ0v) is 11.1. The molecule has 0 bridgehead atoms. The molecule has 0 aromatic heterocycles. The molecule has 0 aliphatic rings. The summed E-state index contributed by atoms with van der Waals surface area (Å²) < 4.78 is 11.4. The minimum absolute atomic E-state index is 0.899. The molecular formula is C10H23AsO2. The van der Waals surface area contributed by atoms with Crippen LogP contribution in [0.15, 0.2) is 0 Å². The first-order valence-corrected chi connectivity index (χ1v) is 8.24. The van der Waals surface area contributed by atoms with Crippen molar-refractivity contribution >= 4 is 15.3 Å². The molecule has 0 atom stereocenters. The molecule has 13 heavy (non-hydrogen) atoms. The average molecular weight is 250 g/mol. The van der Waals surface area contributed by atoms with Crippen LogP contribution in [0.4, 0.5) is 0 Å². The number of hydrogen-bond acceptors (Lipinski definition) is 2. The second-order valence-corrected chi connectivity index (χ2v) is 6.83. The normalized spacial score (nSPS) is 11.1. The first-order valence-electron chi connectivity index (χ1n) is 5.38. The van der Waals surface area contributed by atoms with Gasteiger partial charge in [-0.1, -0.05) is 0 Å². The topological polar surface area (TPSA) is 18.5 Å². The van der Waals surface area contributed by atoms with E-state index in [1.807, 2.05) is 0 Å². The van der Waals surface area contributed by atoms with E-state index in [1.165, 1.54) is 25.7 Å². The summed E-state index contributed by atoms with van der Waals surface area (Å²) >= 11 is -1.34. The second-order valence-electron chi connectivity index (χ2n) is 3.02. The van der Waals surface area contributed by atoms with Crippen molar-refractivity contribution in [2.24, 2.45) is 0 Å². The Hall–Kier alpha value is 0.478. The Morgan fingerprint density at radius 1 is 0.846 bits per heavy atom. The van der Waals surface area contributed by atoms with Crippen LogP contribution in [-0.4, -0.2) is 28.5 Å². The quantitative estimate of drug-likeness (QED) is 0.462. The molecule has 0 aromatic rings. The van der Waals surface area contributed by atoms with Crippen molar-refractivity contribution in [3.8, 4) is 0 Å². The van der Waals surface area contributed by atoms with Crippen LogP contribution in [0.3, 0.4) is 0 Å². The summed E-state index contributed by atoms with van der Waals surface area (Å²) in [5, 5.41) is 1.10.